The molecule has 5 heterocycles. The van der Waals surface area contributed by atoms with E-state index in [0.717, 1.165) is 12.8 Å². The fraction of sp³-hybridized carbons (Fsp3) is 0.100. The van der Waals surface area contributed by atoms with E-state index in [1.54, 1.807) is 0 Å². The molecule has 0 fully saturated rings. The van der Waals surface area contributed by atoms with Crippen LogP contribution in [0.15, 0.2) is 156 Å². The van der Waals surface area contributed by atoms with Crippen LogP contribution in [0.2, 0.25) is 0 Å². The summed E-state index contributed by atoms with van der Waals surface area (Å²) in [6.45, 7) is 0. The summed E-state index contributed by atoms with van der Waals surface area (Å²) >= 11 is 9.56. The molecule has 0 spiro atoms. The molecule has 1 unspecified atom stereocenters. The number of nitrogens with zero attached hydrogens (tertiary/aromatic N) is 2. The van der Waals surface area contributed by atoms with Crippen molar-refractivity contribution in [1.29, 1.82) is 0 Å². The van der Waals surface area contributed by atoms with Gasteiger partial charge >= 0.3 is 0 Å². The van der Waals surface area contributed by atoms with Crippen LogP contribution in [-0.2, 0) is 0 Å². The molecule has 232 valence electrons. The largest absolute Gasteiger partial charge is 0.340 e. The number of hydrogen-bond donors (Lipinski definition) is 0. The van der Waals surface area contributed by atoms with E-state index in [4.69, 9.17) is 0 Å². The van der Waals surface area contributed by atoms with E-state index < -0.39 is 0 Å². The normalized spacial score (nSPS) is 15.8. The molecular weight excluding hydrogens is 669 g/mol. The van der Waals surface area contributed by atoms with Crippen LogP contribution in [0.25, 0.3) is 29.3 Å². The summed E-state index contributed by atoms with van der Waals surface area (Å²) in [4.78, 5) is 14.1. The zero-order chi connectivity index (χ0) is 31.6. The molecule has 2 nitrogen and oxygen atoms in total. The van der Waals surface area contributed by atoms with Gasteiger partial charge in [0.1, 0.15) is 5.00 Å². The second-order valence-electron chi connectivity index (χ2n) is 11.3. The van der Waals surface area contributed by atoms with E-state index in [-0.39, 0.29) is 0 Å². The van der Waals surface area contributed by atoms with E-state index in [1.807, 2.05) is 57.1 Å². The fourth-order valence-electron chi connectivity index (χ4n) is 5.76. The molecule has 1 aliphatic heterocycles. The van der Waals surface area contributed by atoms with Crippen molar-refractivity contribution in [3.8, 4) is 29.3 Å². The highest BCUT2D eigenvalue weighted by Gasteiger charge is 2.25. The molecule has 0 N–H and O–H groups in total. The van der Waals surface area contributed by atoms with Gasteiger partial charge in [-0.3, -0.25) is 0 Å². The molecule has 0 amide bonds. The lowest BCUT2D eigenvalue weighted by atomic mass is 10.2. The molecule has 2 aromatic carbocycles. The predicted octanol–water partition coefficient (Wildman–Crippen LogP) is 13.8. The first-order valence-electron chi connectivity index (χ1n) is 15.6. The van der Waals surface area contributed by atoms with Crippen molar-refractivity contribution >= 4 is 73.5 Å². The standard InChI is InChI=1S/C40H32N2S5/c1-41(28-12-6-2-3-7-13-28)39-26-24-37(46-39)35-22-20-33(44-35)31-18-19-32(43-31)34-21-23-36(45-34)38-25-27-40(47-38)42(29-14-8-4-9-15-29)30-16-10-5-11-17-30/h2,4-23,25-27,37H,3,24H2,1H3. The second-order valence-corrected chi connectivity index (χ2v) is 16.8. The number of para-hydroxylation sites is 2. The number of thioether (sulfide) groups is 1. The van der Waals surface area contributed by atoms with Gasteiger partial charge in [-0.1, -0.05) is 72.5 Å². The number of allylic oxidation sites excluding steroid dienone is 6. The number of anilines is 3. The molecule has 47 heavy (non-hydrogen) atoms. The Balaban J connectivity index is 0.967. The Bertz CT molecular complexity index is 2070. The van der Waals surface area contributed by atoms with E-state index in [1.165, 1.54) is 61.2 Å². The Morgan fingerprint density at radius 2 is 1.17 bits per heavy atom. The van der Waals surface area contributed by atoms with Crippen molar-refractivity contribution in [2.45, 2.75) is 18.1 Å². The number of benzene rings is 2. The quantitative estimate of drug-likeness (QED) is 0.148. The van der Waals surface area contributed by atoms with Crippen LogP contribution in [-0.4, -0.2) is 11.9 Å². The van der Waals surface area contributed by atoms with Crippen molar-refractivity contribution < 1.29 is 0 Å². The molecule has 2 aliphatic rings. The molecule has 6 aromatic rings. The highest BCUT2D eigenvalue weighted by atomic mass is 32.2. The Morgan fingerprint density at radius 1 is 0.596 bits per heavy atom. The van der Waals surface area contributed by atoms with Crippen LogP contribution < -0.4 is 4.90 Å². The molecule has 4 aromatic heterocycles. The Labute approximate surface area is 297 Å². The minimum absolute atomic E-state index is 0.478. The van der Waals surface area contributed by atoms with Crippen LogP contribution in [0, 0.1) is 0 Å². The molecule has 0 saturated heterocycles. The summed E-state index contributed by atoms with van der Waals surface area (Å²) in [6.07, 6.45) is 15.5. The molecular formula is C40H32N2S5. The van der Waals surface area contributed by atoms with Gasteiger partial charge in [-0.25, -0.2) is 0 Å². The lowest BCUT2D eigenvalue weighted by Crippen LogP contribution is -2.12. The molecule has 0 radical (unpaired) electrons. The van der Waals surface area contributed by atoms with Gasteiger partial charge in [0.2, 0.25) is 0 Å². The number of hydrogen-bond acceptors (Lipinski definition) is 7. The smallest absolute Gasteiger partial charge is 0.101 e. The monoisotopic (exact) mass is 700 g/mol. The molecule has 0 bridgehead atoms. The van der Waals surface area contributed by atoms with Gasteiger partial charge in [0, 0.05) is 63.5 Å². The van der Waals surface area contributed by atoms with Crippen LogP contribution in [0.1, 0.15) is 23.0 Å². The second kappa shape index (κ2) is 13.7. The first-order valence-corrected chi connectivity index (χ1v) is 19.8. The van der Waals surface area contributed by atoms with Crippen molar-refractivity contribution in [3.63, 3.8) is 0 Å². The molecule has 7 heteroatoms. The highest BCUT2D eigenvalue weighted by molar-refractivity contribution is 8.03. The molecule has 8 rings (SSSR count). The third kappa shape index (κ3) is 6.51. The summed E-state index contributed by atoms with van der Waals surface area (Å²) in [5, 5.41) is 3.03. The maximum absolute atomic E-state index is 2.40. The van der Waals surface area contributed by atoms with Gasteiger partial charge in [-0.05, 0) is 97.8 Å². The molecule has 1 atom stereocenters. The third-order valence-electron chi connectivity index (χ3n) is 8.18. The minimum atomic E-state index is 0.478. The average Bonchev–Trinajstić information content (AvgIpc) is 3.95. The first-order chi connectivity index (χ1) is 23.2. The minimum Gasteiger partial charge on any atom is -0.340 e. The summed E-state index contributed by atoms with van der Waals surface area (Å²) < 4.78 is 0. The van der Waals surface area contributed by atoms with Crippen LogP contribution >= 0.6 is 57.1 Å². The topological polar surface area (TPSA) is 6.48 Å². The summed E-state index contributed by atoms with van der Waals surface area (Å²) in [6, 6.07) is 39.6. The van der Waals surface area contributed by atoms with Crippen molar-refractivity contribution in [2.24, 2.45) is 0 Å². The zero-order valence-electron chi connectivity index (χ0n) is 25.8. The van der Waals surface area contributed by atoms with Gasteiger partial charge in [-0.2, -0.15) is 0 Å². The van der Waals surface area contributed by atoms with E-state index in [9.17, 15) is 0 Å². The maximum Gasteiger partial charge on any atom is 0.101 e. The van der Waals surface area contributed by atoms with Crippen molar-refractivity contribution in [3.05, 3.63) is 161 Å². The third-order valence-corrected chi connectivity index (χ3v) is 14.8. The van der Waals surface area contributed by atoms with E-state index >= 15 is 0 Å². The van der Waals surface area contributed by atoms with Gasteiger partial charge in [0.05, 0.1) is 5.03 Å². The summed E-state index contributed by atoms with van der Waals surface area (Å²) in [5.41, 5.74) is 3.58. The van der Waals surface area contributed by atoms with Gasteiger partial charge in [0.15, 0.2) is 0 Å². The Hall–Kier alpha value is -3.85. The summed E-state index contributed by atoms with van der Waals surface area (Å²) in [5.74, 6) is 0. The van der Waals surface area contributed by atoms with Crippen LogP contribution in [0.4, 0.5) is 16.4 Å². The van der Waals surface area contributed by atoms with Crippen molar-refractivity contribution in [1.82, 2.24) is 4.90 Å². The average molecular weight is 701 g/mol. The van der Waals surface area contributed by atoms with Crippen LogP contribution in [0.3, 0.4) is 0 Å². The van der Waals surface area contributed by atoms with Gasteiger partial charge in [-0.15, -0.1) is 45.3 Å². The number of thiophene rings is 4. The highest BCUT2D eigenvalue weighted by Crippen LogP contribution is 2.50. The summed E-state index contributed by atoms with van der Waals surface area (Å²) in [7, 11) is 2.18. The lowest BCUT2D eigenvalue weighted by molar-refractivity contribution is 0.575. The lowest BCUT2D eigenvalue weighted by Gasteiger charge is -2.23. The first kappa shape index (κ1) is 30.5. The Kier molecular flexibility index (Phi) is 8.89. The molecule has 0 saturated carbocycles. The molecule has 1 aliphatic carbocycles. The Morgan fingerprint density at radius 3 is 1.83 bits per heavy atom. The van der Waals surface area contributed by atoms with E-state index in [2.05, 4.69) is 162 Å². The van der Waals surface area contributed by atoms with Gasteiger partial charge in [0.25, 0.3) is 0 Å². The maximum atomic E-state index is 2.40. The number of rotatable bonds is 9. The predicted molar refractivity (Wildman–Crippen MR) is 211 cm³/mol. The number of likely N-dealkylation sites (N-methyl/N-ethyl adjacent to an activating group) is 1. The fourth-order valence-corrected chi connectivity index (χ4v) is 11.5. The van der Waals surface area contributed by atoms with Crippen LogP contribution in [0.5, 0.6) is 0 Å². The van der Waals surface area contributed by atoms with E-state index in [0.29, 0.717) is 5.25 Å². The van der Waals surface area contributed by atoms with Crippen molar-refractivity contribution in [2.75, 3.05) is 11.9 Å². The SMILES string of the molecule is CN(C1=CC=CCC=C1)C1=CCC(c2ccc(-c3ccc(-c4ccc(-c5ccc(N(c6ccccc6)c6ccccc6)s5)s4)s3)s2)S1. The zero-order valence-corrected chi connectivity index (χ0v) is 29.9. The van der Waals surface area contributed by atoms with Gasteiger partial charge < -0.3 is 9.80 Å².